The number of aliphatic hydroxyl groups is 1. The Balaban J connectivity index is 2.25. The minimum absolute atomic E-state index is 0.0579. The summed E-state index contributed by atoms with van der Waals surface area (Å²) in [4.78, 5) is 0. The van der Waals surface area contributed by atoms with Crippen LogP contribution < -0.4 is 5.73 Å². The van der Waals surface area contributed by atoms with E-state index in [2.05, 4.69) is 13.8 Å². The van der Waals surface area contributed by atoms with E-state index in [0.717, 1.165) is 19.3 Å². The molecule has 2 saturated carbocycles. The largest absolute Gasteiger partial charge is 0.389 e. The summed E-state index contributed by atoms with van der Waals surface area (Å²) < 4.78 is 0. The van der Waals surface area contributed by atoms with Gasteiger partial charge in [0.05, 0.1) is 5.60 Å². The van der Waals surface area contributed by atoms with Gasteiger partial charge in [-0.2, -0.15) is 0 Å². The summed E-state index contributed by atoms with van der Waals surface area (Å²) in [6.07, 6.45) is 8.17. The lowest BCUT2D eigenvalue weighted by molar-refractivity contribution is -0.185. The molecule has 3 N–H and O–H groups in total. The summed E-state index contributed by atoms with van der Waals surface area (Å²) in [6, 6.07) is 0. The fraction of sp³-hybridized carbons (Fsp3) is 1.00. The molecule has 0 heterocycles. The van der Waals surface area contributed by atoms with Crippen LogP contribution in [0, 0.1) is 17.3 Å². The first-order valence-corrected chi connectivity index (χ1v) is 6.98. The van der Waals surface area contributed by atoms with Crippen LogP contribution in [-0.2, 0) is 0 Å². The molecule has 2 fully saturated rings. The van der Waals surface area contributed by atoms with Crippen molar-refractivity contribution >= 4 is 0 Å². The van der Waals surface area contributed by atoms with Crippen LogP contribution in [0.15, 0.2) is 0 Å². The van der Waals surface area contributed by atoms with Gasteiger partial charge < -0.3 is 10.8 Å². The van der Waals surface area contributed by atoms with Gasteiger partial charge in [-0.25, -0.2) is 0 Å². The van der Waals surface area contributed by atoms with Crippen molar-refractivity contribution in [1.29, 1.82) is 0 Å². The predicted octanol–water partition coefficient (Wildman–Crippen LogP) is 2.69. The Morgan fingerprint density at radius 3 is 2.31 bits per heavy atom. The molecule has 94 valence electrons. The quantitative estimate of drug-likeness (QED) is 0.775. The van der Waals surface area contributed by atoms with Crippen molar-refractivity contribution in [2.24, 2.45) is 23.0 Å². The second kappa shape index (κ2) is 4.30. The third-order valence-electron chi connectivity index (χ3n) is 5.36. The molecule has 0 aliphatic heterocycles. The van der Waals surface area contributed by atoms with E-state index >= 15 is 0 Å². The zero-order valence-electron chi connectivity index (χ0n) is 10.8. The predicted molar refractivity (Wildman–Crippen MR) is 67.1 cm³/mol. The molecule has 16 heavy (non-hydrogen) atoms. The summed E-state index contributed by atoms with van der Waals surface area (Å²) in [5.41, 5.74) is 5.58. The lowest BCUT2D eigenvalue weighted by atomic mass is 9.50. The Hall–Kier alpha value is -0.0800. The molecule has 2 unspecified atom stereocenters. The molecule has 2 aliphatic rings. The minimum Gasteiger partial charge on any atom is -0.389 e. The molecule has 2 heteroatoms. The smallest absolute Gasteiger partial charge is 0.0746 e. The molecule has 2 aliphatic carbocycles. The molecule has 0 radical (unpaired) electrons. The fourth-order valence-electron chi connectivity index (χ4n) is 4.14. The van der Waals surface area contributed by atoms with Gasteiger partial charge >= 0.3 is 0 Å². The Labute approximate surface area is 99.6 Å². The van der Waals surface area contributed by atoms with Crippen molar-refractivity contribution in [1.82, 2.24) is 0 Å². The van der Waals surface area contributed by atoms with Crippen LogP contribution in [0.2, 0.25) is 0 Å². The second-order valence-corrected chi connectivity index (χ2v) is 6.36. The van der Waals surface area contributed by atoms with Gasteiger partial charge in [-0.05, 0) is 37.5 Å². The SMILES string of the molecule is CC(C)C1CCCCC1(O)C1(CN)CCC1. The Kier molecular flexibility index (Phi) is 3.33. The normalized spacial score (nSPS) is 38.4. The van der Waals surface area contributed by atoms with Crippen molar-refractivity contribution < 1.29 is 5.11 Å². The summed E-state index contributed by atoms with van der Waals surface area (Å²) in [5.74, 6) is 1.04. The fourth-order valence-corrected chi connectivity index (χ4v) is 4.14. The van der Waals surface area contributed by atoms with Crippen LogP contribution in [0.25, 0.3) is 0 Å². The first-order chi connectivity index (χ1) is 7.56. The molecule has 2 rings (SSSR count). The van der Waals surface area contributed by atoms with Crippen LogP contribution in [0.4, 0.5) is 0 Å². The average molecular weight is 225 g/mol. The number of rotatable bonds is 3. The molecule has 0 amide bonds. The maximum Gasteiger partial charge on any atom is 0.0746 e. The molecule has 0 aromatic rings. The average Bonchev–Trinajstić information content (AvgIpc) is 2.16. The van der Waals surface area contributed by atoms with Gasteiger partial charge in [0, 0.05) is 12.0 Å². The van der Waals surface area contributed by atoms with Gasteiger partial charge in [0.25, 0.3) is 0 Å². The number of hydrogen-bond acceptors (Lipinski definition) is 2. The summed E-state index contributed by atoms with van der Waals surface area (Å²) in [7, 11) is 0. The van der Waals surface area contributed by atoms with Crippen molar-refractivity contribution in [2.45, 2.75) is 64.4 Å². The standard InChI is InChI=1S/C14H27NO/c1-11(2)12-6-3-4-9-14(12,16)13(10-15)7-5-8-13/h11-12,16H,3-10,15H2,1-2H3. The van der Waals surface area contributed by atoms with E-state index in [4.69, 9.17) is 5.73 Å². The summed E-state index contributed by atoms with van der Waals surface area (Å²) in [6.45, 7) is 5.18. The van der Waals surface area contributed by atoms with E-state index in [-0.39, 0.29) is 5.41 Å². The van der Waals surface area contributed by atoms with E-state index in [9.17, 15) is 5.11 Å². The molecule has 2 atom stereocenters. The maximum atomic E-state index is 11.2. The van der Waals surface area contributed by atoms with Gasteiger partial charge in [0.1, 0.15) is 0 Å². The molecule has 2 nitrogen and oxygen atoms in total. The van der Waals surface area contributed by atoms with Crippen LogP contribution >= 0.6 is 0 Å². The van der Waals surface area contributed by atoms with Crippen LogP contribution in [0.3, 0.4) is 0 Å². The lowest BCUT2D eigenvalue weighted by Gasteiger charge is -2.58. The lowest BCUT2D eigenvalue weighted by Crippen LogP contribution is -2.62. The topological polar surface area (TPSA) is 46.2 Å². The molecule has 0 saturated heterocycles. The summed E-state index contributed by atoms with van der Waals surface area (Å²) in [5, 5.41) is 11.2. The van der Waals surface area contributed by atoms with Crippen molar-refractivity contribution in [2.75, 3.05) is 6.54 Å². The van der Waals surface area contributed by atoms with Gasteiger partial charge in [-0.1, -0.05) is 33.1 Å². The Morgan fingerprint density at radius 2 is 1.88 bits per heavy atom. The van der Waals surface area contributed by atoms with Gasteiger partial charge in [-0.15, -0.1) is 0 Å². The first kappa shape index (κ1) is 12.4. The van der Waals surface area contributed by atoms with E-state index in [0.29, 0.717) is 18.4 Å². The highest BCUT2D eigenvalue weighted by Crippen LogP contribution is 2.57. The molecular weight excluding hydrogens is 198 g/mol. The molecule has 0 aromatic carbocycles. The highest BCUT2D eigenvalue weighted by molar-refractivity contribution is 5.09. The van der Waals surface area contributed by atoms with Gasteiger partial charge in [0.2, 0.25) is 0 Å². The van der Waals surface area contributed by atoms with E-state index in [1.807, 2.05) is 0 Å². The minimum atomic E-state index is -0.466. The van der Waals surface area contributed by atoms with Crippen LogP contribution in [0.5, 0.6) is 0 Å². The molecule has 0 bridgehead atoms. The van der Waals surface area contributed by atoms with Gasteiger partial charge in [-0.3, -0.25) is 0 Å². The number of nitrogens with two attached hydrogens (primary N) is 1. The van der Waals surface area contributed by atoms with E-state index in [1.165, 1.54) is 25.7 Å². The maximum absolute atomic E-state index is 11.2. The molecule has 0 spiro atoms. The summed E-state index contributed by atoms with van der Waals surface area (Å²) >= 11 is 0. The third kappa shape index (κ3) is 1.62. The van der Waals surface area contributed by atoms with Crippen LogP contribution in [0.1, 0.15) is 58.8 Å². The van der Waals surface area contributed by atoms with Crippen molar-refractivity contribution in [3.05, 3.63) is 0 Å². The van der Waals surface area contributed by atoms with Crippen LogP contribution in [-0.4, -0.2) is 17.3 Å². The third-order valence-corrected chi connectivity index (χ3v) is 5.36. The van der Waals surface area contributed by atoms with Crippen molar-refractivity contribution in [3.8, 4) is 0 Å². The highest BCUT2D eigenvalue weighted by Gasteiger charge is 2.57. The zero-order valence-corrected chi connectivity index (χ0v) is 10.8. The second-order valence-electron chi connectivity index (χ2n) is 6.36. The Morgan fingerprint density at radius 1 is 1.19 bits per heavy atom. The first-order valence-electron chi connectivity index (χ1n) is 6.98. The van der Waals surface area contributed by atoms with Crippen molar-refractivity contribution in [3.63, 3.8) is 0 Å². The highest BCUT2D eigenvalue weighted by atomic mass is 16.3. The van der Waals surface area contributed by atoms with E-state index in [1.54, 1.807) is 0 Å². The Bertz CT molecular complexity index is 242. The van der Waals surface area contributed by atoms with Gasteiger partial charge in [0.15, 0.2) is 0 Å². The molecule has 0 aromatic heterocycles. The van der Waals surface area contributed by atoms with E-state index < -0.39 is 5.60 Å². The number of hydrogen-bond donors (Lipinski definition) is 2. The monoisotopic (exact) mass is 225 g/mol. The zero-order chi connectivity index (χ0) is 11.8. The molecular formula is C14H27NO.